The van der Waals surface area contributed by atoms with Gasteiger partial charge < -0.3 is 9.80 Å². The standard InChI is InChI=1S/C24H25ClN6OS/c1-16-14-21(32)31-22(17-6-8-20(33-2)9-7-17)27-23(28-24(31)26-16)30-12-10-29(11-13-30)19-5-3-4-18(25)15-19/h3-9,14-15,22H,10-13H2,1-2H3,(H,26,27,28)/t22-/m0/s1. The first-order valence-electron chi connectivity index (χ1n) is 10.9. The number of aromatic nitrogens is 2. The van der Waals surface area contributed by atoms with Crippen molar-refractivity contribution in [3.05, 3.63) is 81.2 Å². The Morgan fingerprint density at radius 3 is 2.45 bits per heavy atom. The van der Waals surface area contributed by atoms with Crippen molar-refractivity contribution in [2.75, 3.05) is 42.7 Å². The minimum absolute atomic E-state index is 0.113. The fourth-order valence-corrected chi connectivity index (χ4v) is 4.84. The first-order valence-corrected chi connectivity index (χ1v) is 12.5. The highest BCUT2D eigenvalue weighted by Gasteiger charge is 2.29. The Labute approximate surface area is 202 Å². The average molecular weight is 481 g/mol. The van der Waals surface area contributed by atoms with E-state index in [2.05, 4.69) is 38.3 Å². The SMILES string of the molecule is CSc1ccc([C@H]2N=C(N3CCN(c4cccc(Cl)c4)CC3)Nc3nc(C)cc(=O)n32)cc1. The summed E-state index contributed by atoms with van der Waals surface area (Å²) in [6.07, 6.45) is 1.59. The summed E-state index contributed by atoms with van der Waals surface area (Å²) in [6.45, 7) is 5.13. The molecule has 1 atom stereocenters. The van der Waals surface area contributed by atoms with E-state index in [0.29, 0.717) is 11.6 Å². The molecule has 0 spiro atoms. The molecule has 2 aliphatic rings. The molecule has 170 valence electrons. The first kappa shape index (κ1) is 21.9. The lowest BCUT2D eigenvalue weighted by molar-refractivity contribution is 0.376. The highest BCUT2D eigenvalue weighted by molar-refractivity contribution is 7.98. The molecule has 0 saturated carbocycles. The number of aryl methyl sites for hydroxylation is 1. The van der Waals surface area contributed by atoms with E-state index in [9.17, 15) is 4.79 Å². The fraction of sp³-hybridized carbons (Fsp3) is 0.292. The van der Waals surface area contributed by atoms with Crippen LogP contribution in [0.1, 0.15) is 17.4 Å². The van der Waals surface area contributed by atoms with E-state index in [4.69, 9.17) is 16.6 Å². The third kappa shape index (κ3) is 4.45. The van der Waals surface area contributed by atoms with Gasteiger partial charge in [-0.2, -0.15) is 0 Å². The number of hydrogen-bond acceptors (Lipinski definition) is 7. The molecule has 3 aromatic rings. The van der Waals surface area contributed by atoms with Crippen molar-refractivity contribution in [3.8, 4) is 0 Å². The fourth-order valence-electron chi connectivity index (χ4n) is 4.25. The van der Waals surface area contributed by atoms with Gasteiger partial charge in [0.05, 0.1) is 0 Å². The maximum atomic E-state index is 12.9. The molecular weight excluding hydrogens is 456 g/mol. The highest BCUT2D eigenvalue weighted by Crippen LogP contribution is 2.28. The zero-order valence-electron chi connectivity index (χ0n) is 18.5. The maximum Gasteiger partial charge on any atom is 0.257 e. The van der Waals surface area contributed by atoms with Gasteiger partial charge in [-0.15, -0.1) is 11.8 Å². The number of rotatable bonds is 3. The molecule has 0 aliphatic carbocycles. The summed E-state index contributed by atoms with van der Waals surface area (Å²) in [6, 6.07) is 17.7. The third-order valence-corrected chi connectivity index (χ3v) is 6.94. The normalized spacial score (nSPS) is 17.9. The Balaban J connectivity index is 1.44. The van der Waals surface area contributed by atoms with Crippen molar-refractivity contribution < 1.29 is 0 Å². The van der Waals surface area contributed by atoms with E-state index >= 15 is 0 Å². The second kappa shape index (κ2) is 9.11. The van der Waals surface area contributed by atoms with Gasteiger partial charge in [0.2, 0.25) is 11.9 Å². The quantitative estimate of drug-likeness (QED) is 0.570. The van der Waals surface area contributed by atoms with Gasteiger partial charge in [0, 0.05) is 53.5 Å². The summed E-state index contributed by atoms with van der Waals surface area (Å²) in [5.74, 6) is 1.28. The Kier molecular flexibility index (Phi) is 6.03. The number of nitrogens with one attached hydrogen (secondary N) is 1. The molecule has 3 heterocycles. The Hall–Kier alpha value is -2.97. The smallest absolute Gasteiger partial charge is 0.257 e. The molecule has 5 rings (SSSR count). The number of guanidine groups is 1. The van der Waals surface area contributed by atoms with E-state index in [1.165, 1.54) is 4.90 Å². The van der Waals surface area contributed by atoms with Crippen molar-refractivity contribution in [2.45, 2.75) is 18.0 Å². The van der Waals surface area contributed by atoms with Crippen LogP contribution in [-0.2, 0) is 0 Å². The number of anilines is 2. The zero-order chi connectivity index (χ0) is 22.9. The largest absolute Gasteiger partial charge is 0.368 e. The topological polar surface area (TPSA) is 65.8 Å². The molecule has 1 aromatic heterocycles. The predicted octanol–water partition coefficient (Wildman–Crippen LogP) is 4.08. The van der Waals surface area contributed by atoms with Gasteiger partial charge in [-0.25, -0.2) is 9.98 Å². The number of nitrogens with zero attached hydrogens (tertiary/aromatic N) is 5. The van der Waals surface area contributed by atoms with E-state index < -0.39 is 6.17 Å². The number of hydrogen-bond donors (Lipinski definition) is 1. The molecule has 0 amide bonds. The van der Waals surface area contributed by atoms with E-state index in [1.807, 2.05) is 43.5 Å². The Morgan fingerprint density at radius 1 is 1.03 bits per heavy atom. The van der Waals surface area contributed by atoms with E-state index in [-0.39, 0.29) is 5.56 Å². The van der Waals surface area contributed by atoms with E-state index in [0.717, 1.165) is 48.4 Å². The molecule has 7 nitrogen and oxygen atoms in total. The van der Waals surface area contributed by atoms with Crippen molar-refractivity contribution in [1.29, 1.82) is 0 Å². The number of piperazine rings is 1. The molecular formula is C24H25ClN6OS. The second-order valence-corrected chi connectivity index (χ2v) is 9.42. The second-order valence-electron chi connectivity index (χ2n) is 8.11. The van der Waals surface area contributed by atoms with Crippen molar-refractivity contribution >= 4 is 41.0 Å². The third-order valence-electron chi connectivity index (χ3n) is 5.96. The Morgan fingerprint density at radius 2 is 1.76 bits per heavy atom. The van der Waals surface area contributed by atoms with Crippen LogP contribution < -0.4 is 15.8 Å². The number of thioether (sulfide) groups is 1. The molecule has 1 saturated heterocycles. The molecule has 0 bridgehead atoms. The minimum Gasteiger partial charge on any atom is -0.368 e. The highest BCUT2D eigenvalue weighted by atomic mass is 35.5. The summed E-state index contributed by atoms with van der Waals surface area (Å²) in [7, 11) is 0. The van der Waals surface area contributed by atoms with Gasteiger partial charge in [0.1, 0.15) is 0 Å². The summed E-state index contributed by atoms with van der Waals surface area (Å²) in [4.78, 5) is 28.2. The first-order chi connectivity index (χ1) is 16.0. The monoisotopic (exact) mass is 480 g/mol. The maximum absolute atomic E-state index is 12.9. The molecule has 1 fully saturated rings. The molecule has 1 N–H and O–H groups in total. The van der Waals surface area contributed by atoms with Crippen molar-refractivity contribution in [3.63, 3.8) is 0 Å². The summed E-state index contributed by atoms with van der Waals surface area (Å²) in [5, 5.41) is 4.06. The van der Waals surface area contributed by atoms with Gasteiger partial charge in [-0.3, -0.25) is 14.7 Å². The lowest BCUT2D eigenvalue weighted by Gasteiger charge is -2.39. The van der Waals surface area contributed by atoms with E-state index in [1.54, 1.807) is 22.4 Å². The van der Waals surface area contributed by atoms with Crippen LogP contribution in [-0.4, -0.2) is 52.8 Å². The molecule has 0 radical (unpaired) electrons. The molecule has 33 heavy (non-hydrogen) atoms. The summed E-state index contributed by atoms with van der Waals surface area (Å²) < 4.78 is 1.63. The number of benzene rings is 2. The summed E-state index contributed by atoms with van der Waals surface area (Å²) in [5.41, 5.74) is 2.65. The minimum atomic E-state index is -0.460. The van der Waals surface area contributed by atoms with Gasteiger partial charge in [-0.1, -0.05) is 29.8 Å². The number of fused-ring (bicyclic) bond motifs is 1. The molecule has 0 unspecified atom stereocenters. The predicted molar refractivity (Wildman–Crippen MR) is 136 cm³/mol. The zero-order valence-corrected chi connectivity index (χ0v) is 20.1. The van der Waals surface area contributed by atoms with Gasteiger partial charge in [0.25, 0.3) is 5.56 Å². The lowest BCUT2D eigenvalue weighted by Crippen LogP contribution is -2.52. The van der Waals surface area contributed by atoms with Gasteiger partial charge in [0.15, 0.2) is 6.17 Å². The van der Waals surface area contributed by atoms with Gasteiger partial charge in [-0.05, 0) is 49.1 Å². The van der Waals surface area contributed by atoms with Crippen LogP contribution in [0.2, 0.25) is 5.02 Å². The lowest BCUT2D eigenvalue weighted by atomic mass is 10.1. The Bertz CT molecular complexity index is 1250. The van der Waals surface area contributed by atoms with Crippen LogP contribution in [0.25, 0.3) is 0 Å². The van der Waals surface area contributed by atoms with Crippen molar-refractivity contribution in [1.82, 2.24) is 14.5 Å². The average Bonchev–Trinajstić information content (AvgIpc) is 2.83. The van der Waals surface area contributed by atoms with Crippen LogP contribution in [0.15, 0.2) is 69.3 Å². The van der Waals surface area contributed by atoms with Crippen LogP contribution in [0, 0.1) is 6.92 Å². The van der Waals surface area contributed by atoms with Crippen molar-refractivity contribution in [2.24, 2.45) is 4.99 Å². The van der Waals surface area contributed by atoms with Crippen LogP contribution in [0.3, 0.4) is 0 Å². The molecule has 2 aromatic carbocycles. The van der Waals surface area contributed by atoms with Crippen LogP contribution in [0.4, 0.5) is 11.6 Å². The van der Waals surface area contributed by atoms with Crippen LogP contribution >= 0.6 is 23.4 Å². The van der Waals surface area contributed by atoms with Gasteiger partial charge >= 0.3 is 0 Å². The molecule has 2 aliphatic heterocycles. The number of halogens is 1. The van der Waals surface area contributed by atoms with Crippen LogP contribution in [0.5, 0.6) is 0 Å². The number of aliphatic imine (C=N–C) groups is 1. The molecule has 9 heteroatoms. The summed E-state index contributed by atoms with van der Waals surface area (Å²) >= 11 is 7.87.